The van der Waals surface area contributed by atoms with Crippen LogP contribution in [-0.2, 0) is 24.5 Å². The molecule has 0 saturated heterocycles. The summed E-state index contributed by atoms with van der Waals surface area (Å²) in [7, 11) is 0. The summed E-state index contributed by atoms with van der Waals surface area (Å²) in [6, 6.07) is 13.8. The molecule has 0 aliphatic carbocycles. The molecule has 0 atom stereocenters. The number of carbonyl (C=O) groups excluding carboxylic acids is 1. The minimum Gasteiger partial charge on any atom is -0.489 e. The fourth-order valence-electron chi connectivity index (χ4n) is 3.22. The average molecular weight is 434 g/mol. The number of benzene rings is 2. The number of hydrogen-bond donors (Lipinski definition) is 0. The molecule has 4 aromatic rings. The predicted octanol–water partition coefficient (Wildman–Crippen LogP) is 3.43. The molecule has 0 saturated carbocycles. The Morgan fingerprint density at radius 2 is 1.91 bits per heavy atom. The van der Waals surface area contributed by atoms with Crippen LogP contribution in [0.25, 0.3) is 11.0 Å². The number of aryl methyl sites for hydroxylation is 2. The second kappa shape index (κ2) is 9.42. The number of rotatable bonds is 8. The molecule has 0 radical (unpaired) electrons. The summed E-state index contributed by atoms with van der Waals surface area (Å²) in [5, 5.41) is 12.2. The van der Waals surface area contributed by atoms with E-state index in [4.69, 9.17) is 13.9 Å². The van der Waals surface area contributed by atoms with Gasteiger partial charge in [0.2, 0.25) is 0 Å². The zero-order valence-electron chi connectivity index (χ0n) is 17.8. The standard InChI is InChI=1S/C23H22N4O5/c1-3-10-27-21(24-25-26-27)14-31-23(29)17-6-4-16(5-7-17)13-30-18-8-9-19-15(2)11-22(28)32-20(19)12-18/h4-9,11-12H,3,10,13-14H2,1-2H3. The molecule has 0 aliphatic rings. The van der Waals surface area contributed by atoms with Crippen LogP contribution < -0.4 is 10.4 Å². The molecule has 32 heavy (non-hydrogen) atoms. The van der Waals surface area contributed by atoms with E-state index in [1.165, 1.54) is 6.07 Å². The van der Waals surface area contributed by atoms with Crippen LogP contribution in [0.1, 0.15) is 40.7 Å². The Kier molecular flexibility index (Phi) is 6.25. The van der Waals surface area contributed by atoms with Crippen LogP contribution >= 0.6 is 0 Å². The van der Waals surface area contributed by atoms with Crippen LogP contribution in [0.2, 0.25) is 0 Å². The molecule has 0 unspecified atom stereocenters. The summed E-state index contributed by atoms with van der Waals surface area (Å²) in [5.41, 5.74) is 2.24. The second-order valence-electron chi connectivity index (χ2n) is 7.29. The molecule has 4 rings (SSSR count). The van der Waals surface area contributed by atoms with Gasteiger partial charge in [0.1, 0.15) is 17.9 Å². The smallest absolute Gasteiger partial charge is 0.338 e. The maximum absolute atomic E-state index is 12.3. The van der Waals surface area contributed by atoms with E-state index < -0.39 is 11.6 Å². The molecule has 164 valence electrons. The molecule has 0 bridgehead atoms. The third-order valence-corrected chi connectivity index (χ3v) is 4.89. The Bertz CT molecular complexity index is 1290. The first-order chi connectivity index (χ1) is 15.5. The summed E-state index contributed by atoms with van der Waals surface area (Å²) in [6.07, 6.45) is 0.878. The number of tetrazole rings is 1. The summed E-state index contributed by atoms with van der Waals surface area (Å²) in [5.74, 6) is 0.634. The number of fused-ring (bicyclic) bond motifs is 1. The molecule has 9 nitrogen and oxygen atoms in total. The summed E-state index contributed by atoms with van der Waals surface area (Å²) >= 11 is 0. The zero-order valence-corrected chi connectivity index (χ0v) is 17.8. The molecule has 0 aliphatic heterocycles. The van der Waals surface area contributed by atoms with Crippen LogP contribution in [0.5, 0.6) is 5.75 Å². The molecule has 2 aromatic carbocycles. The first-order valence-corrected chi connectivity index (χ1v) is 10.2. The highest BCUT2D eigenvalue weighted by atomic mass is 16.5. The minimum atomic E-state index is -0.455. The van der Waals surface area contributed by atoms with Gasteiger partial charge in [-0.05, 0) is 59.2 Å². The van der Waals surface area contributed by atoms with Crippen LogP contribution in [0.4, 0.5) is 0 Å². The van der Waals surface area contributed by atoms with Crippen molar-refractivity contribution in [1.29, 1.82) is 0 Å². The second-order valence-corrected chi connectivity index (χ2v) is 7.29. The maximum atomic E-state index is 12.3. The first-order valence-electron chi connectivity index (χ1n) is 10.2. The Morgan fingerprint density at radius 3 is 2.69 bits per heavy atom. The van der Waals surface area contributed by atoms with E-state index in [0.717, 1.165) is 22.9 Å². The van der Waals surface area contributed by atoms with Crippen molar-refractivity contribution in [2.45, 2.75) is 40.0 Å². The number of esters is 1. The molecule has 0 fully saturated rings. The third kappa shape index (κ3) is 4.83. The van der Waals surface area contributed by atoms with Crippen LogP contribution in [0.15, 0.2) is 57.7 Å². The van der Waals surface area contributed by atoms with E-state index in [1.54, 1.807) is 35.0 Å². The first kappa shape index (κ1) is 21.2. The van der Waals surface area contributed by atoms with Gasteiger partial charge in [-0.2, -0.15) is 0 Å². The van der Waals surface area contributed by atoms with E-state index in [1.807, 2.05) is 26.0 Å². The third-order valence-electron chi connectivity index (χ3n) is 4.89. The molecule has 0 N–H and O–H groups in total. The number of aromatic nitrogens is 4. The molecule has 9 heteroatoms. The Morgan fingerprint density at radius 1 is 1.09 bits per heavy atom. The number of ether oxygens (including phenoxy) is 2. The maximum Gasteiger partial charge on any atom is 0.338 e. The van der Waals surface area contributed by atoms with E-state index in [0.29, 0.717) is 35.9 Å². The van der Waals surface area contributed by atoms with E-state index >= 15 is 0 Å². The predicted molar refractivity (Wildman–Crippen MR) is 115 cm³/mol. The van der Waals surface area contributed by atoms with Crippen molar-refractivity contribution in [3.8, 4) is 5.75 Å². The summed E-state index contributed by atoms with van der Waals surface area (Å²) in [6.45, 7) is 4.84. The number of nitrogens with zero attached hydrogens (tertiary/aromatic N) is 4. The zero-order chi connectivity index (χ0) is 22.5. The molecular weight excluding hydrogens is 412 g/mol. The van der Waals surface area contributed by atoms with Gasteiger partial charge < -0.3 is 13.9 Å². The Hall–Kier alpha value is -4.01. The average Bonchev–Trinajstić information content (AvgIpc) is 3.23. The van der Waals surface area contributed by atoms with E-state index in [-0.39, 0.29) is 6.61 Å². The Labute approximate surface area is 183 Å². The highest BCUT2D eigenvalue weighted by molar-refractivity contribution is 5.89. The largest absolute Gasteiger partial charge is 0.489 e. The van der Waals surface area contributed by atoms with Gasteiger partial charge in [-0.3, -0.25) is 0 Å². The number of carbonyl (C=O) groups is 1. The molecule has 0 spiro atoms. The van der Waals surface area contributed by atoms with Crippen LogP contribution in [-0.4, -0.2) is 26.2 Å². The van der Waals surface area contributed by atoms with Gasteiger partial charge in [-0.25, -0.2) is 14.3 Å². The fraction of sp³-hybridized carbons (Fsp3) is 0.261. The SMILES string of the molecule is CCCn1nnnc1COC(=O)c1ccc(COc2ccc3c(C)cc(=O)oc3c2)cc1. The summed E-state index contributed by atoms with van der Waals surface area (Å²) < 4.78 is 18.0. The lowest BCUT2D eigenvalue weighted by molar-refractivity contribution is 0.0456. The monoisotopic (exact) mass is 434 g/mol. The van der Waals surface area contributed by atoms with Gasteiger partial charge in [0, 0.05) is 24.1 Å². The number of hydrogen-bond acceptors (Lipinski definition) is 8. The highest BCUT2D eigenvalue weighted by Gasteiger charge is 2.12. The van der Waals surface area contributed by atoms with Gasteiger partial charge in [0.05, 0.1) is 5.56 Å². The summed E-state index contributed by atoms with van der Waals surface area (Å²) in [4.78, 5) is 23.9. The highest BCUT2D eigenvalue weighted by Crippen LogP contribution is 2.23. The fourth-order valence-corrected chi connectivity index (χ4v) is 3.22. The Balaban J connectivity index is 1.35. The van der Waals surface area contributed by atoms with Crippen molar-refractivity contribution in [3.05, 3.63) is 81.5 Å². The molecular formula is C23H22N4O5. The lowest BCUT2D eigenvalue weighted by Crippen LogP contribution is -2.11. The van der Waals surface area contributed by atoms with E-state index in [9.17, 15) is 9.59 Å². The molecule has 2 heterocycles. The van der Waals surface area contributed by atoms with Crippen molar-refractivity contribution in [3.63, 3.8) is 0 Å². The van der Waals surface area contributed by atoms with Crippen molar-refractivity contribution in [2.75, 3.05) is 0 Å². The van der Waals surface area contributed by atoms with Gasteiger partial charge in [-0.15, -0.1) is 5.10 Å². The van der Waals surface area contributed by atoms with E-state index in [2.05, 4.69) is 15.5 Å². The van der Waals surface area contributed by atoms with Gasteiger partial charge in [-0.1, -0.05) is 19.1 Å². The van der Waals surface area contributed by atoms with Gasteiger partial charge in [0.15, 0.2) is 12.4 Å². The van der Waals surface area contributed by atoms with Gasteiger partial charge >= 0.3 is 11.6 Å². The lowest BCUT2D eigenvalue weighted by Gasteiger charge is -2.09. The van der Waals surface area contributed by atoms with Crippen molar-refractivity contribution in [1.82, 2.24) is 20.2 Å². The lowest BCUT2D eigenvalue weighted by atomic mass is 10.1. The van der Waals surface area contributed by atoms with Gasteiger partial charge in [0.25, 0.3) is 0 Å². The van der Waals surface area contributed by atoms with Crippen molar-refractivity contribution in [2.24, 2.45) is 0 Å². The minimum absolute atomic E-state index is 0.00820. The van der Waals surface area contributed by atoms with Crippen molar-refractivity contribution >= 4 is 16.9 Å². The van der Waals surface area contributed by atoms with Crippen molar-refractivity contribution < 1.29 is 18.7 Å². The quantitative estimate of drug-likeness (QED) is 0.306. The molecule has 2 aromatic heterocycles. The molecule has 0 amide bonds. The topological polar surface area (TPSA) is 109 Å². The normalized spacial score (nSPS) is 10.9. The van der Waals surface area contributed by atoms with Crippen LogP contribution in [0, 0.1) is 6.92 Å². The van der Waals surface area contributed by atoms with Crippen LogP contribution in [0.3, 0.4) is 0 Å².